The van der Waals surface area contributed by atoms with Gasteiger partial charge < -0.3 is 11.1 Å². The largest absolute Gasteiger partial charge is 0.382 e. The monoisotopic (exact) mass is 269 g/mol. The number of hydrogen-bond donors (Lipinski definition) is 2. The number of hydrogen-bond acceptors (Lipinski definition) is 4. The van der Waals surface area contributed by atoms with Crippen molar-refractivity contribution in [2.45, 2.75) is 37.8 Å². The molecule has 2 rings (SSSR count). The van der Waals surface area contributed by atoms with Gasteiger partial charge in [-0.1, -0.05) is 11.6 Å². The molecule has 5 nitrogen and oxygen atoms in total. The van der Waals surface area contributed by atoms with Gasteiger partial charge in [0, 0.05) is 23.8 Å². The molecule has 3 N–H and O–H groups in total. The van der Waals surface area contributed by atoms with Crippen LogP contribution in [0.5, 0.6) is 0 Å². The van der Waals surface area contributed by atoms with Crippen LogP contribution in [0.2, 0.25) is 5.02 Å². The molecule has 0 saturated heterocycles. The maximum Gasteiger partial charge on any atom is 0.288 e. The molecule has 0 aliphatic heterocycles. The van der Waals surface area contributed by atoms with Crippen LogP contribution in [0.1, 0.15) is 25.7 Å². The molecule has 0 heterocycles. The summed E-state index contributed by atoms with van der Waals surface area (Å²) in [5, 5.41) is 14.2. The van der Waals surface area contributed by atoms with Gasteiger partial charge >= 0.3 is 0 Å². The molecule has 6 heteroatoms. The van der Waals surface area contributed by atoms with Gasteiger partial charge in [0.15, 0.2) is 0 Å². The molecule has 1 aliphatic carbocycles. The standard InChI is InChI=1S/C12H16ClN3O2/c13-11-7-10(5-6-12(11)16(17)18)15-9-3-1-8(14)2-4-9/h5-9,15H,1-4,14H2. The lowest BCUT2D eigenvalue weighted by Gasteiger charge is -2.27. The number of nitro benzene ring substituents is 1. The van der Waals surface area contributed by atoms with Crippen LogP contribution in [0.3, 0.4) is 0 Å². The highest BCUT2D eigenvalue weighted by Crippen LogP contribution is 2.29. The summed E-state index contributed by atoms with van der Waals surface area (Å²) in [7, 11) is 0. The Morgan fingerprint density at radius 3 is 2.56 bits per heavy atom. The zero-order valence-corrected chi connectivity index (χ0v) is 10.7. The van der Waals surface area contributed by atoms with E-state index in [9.17, 15) is 10.1 Å². The summed E-state index contributed by atoms with van der Waals surface area (Å²) < 4.78 is 0. The van der Waals surface area contributed by atoms with Crippen LogP contribution in [0.4, 0.5) is 11.4 Å². The molecule has 1 saturated carbocycles. The fourth-order valence-electron chi connectivity index (χ4n) is 2.24. The Morgan fingerprint density at radius 1 is 1.33 bits per heavy atom. The minimum absolute atomic E-state index is 0.0621. The summed E-state index contributed by atoms with van der Waals surface area (Å²) in [5.74, 6) is 0. The summed E-state index contributed by atoms with van der Waals surface area (Å²) in [6.07, 6.45) is 4.07. The molecule has 1 aromatic rings. The normalized spacial score (nSPS) is 23.7. The molecule has 18 heavy (non-hydrogen) atoms. The highest BCUT2D eigenvalue weighted by Gasteiger charge is 2.19. The molecule has 0 atom stereocenters. The van der Waals surface area contributed by atoms with E-state index in [-0.39, 0.29) is 10.7 Å². The second-order valence-corrected chi connectivity index (χ2v) is 5.09. The van der Waals surface area contributed by atoms with Crippen molar-refractivity contribution >= 4 is 23.0 Å². The van der Waals surface area contributed by atoms with E-state index in [4.69, 9.17) is 17.3 Å². The van der Waals surface area contributed by atoms with E-state index in [2.05, 4.69) is 5.32 Å². The summed E-state index contributed by atoms with van der Waals surface area (Å²) in [5.41, 5.74) is 6.61. The molecular formula is C12H16ClN3O2. The first-order valence-corrected chi connectivity index (χ1v) is 6.40. The number of rotatable bonds is 3. The fourth-order valence-corrected chi connectivity index (χ4v) is 2.49. The molecule has 0 spiro atoms. The highest BCUT2D eigenvalue weighted by atomic mass is 35.5. The zero-order valence-electron chi connectivity index (χ0n) is 9.93. The molecule has 0 bridgehead atoms. The van der Waals surface area contributed by atoms with E-state index in [1.54, 1.807) is 12.1 Å². The molecule has 98 valence electrons. The van der Waals surface area contributed by atoms with Crippen LogP contribution in [-0.4, -0.2) is 17.0 Å². The van der Waals surface area contributed by atoms with Crippen LogP contribution in [0.25, 0.3) is 0 Å². The number of nitrogens with one attached hydrogen (secondary N) is 1. The molecule has 0 radical (unpaired) electrons. The molecule has 1 aliphatic rings. The Balaban J connectivity index is 2.02. The van der Waals surface area contributed by atoms with Gasteiger partial charge in [-0.25, -0.2) is 0 Å². The minimum Gasteiger partial charge on any atom is -0.382 e. The van der Waals surface area contributed by atoms with E-state index in [0.717, 1.165) is 31.4 Å². The first kappa shape index (κ1) is 13.1. The van der Waals surface area contributed by atoms with Crippen molar-refractivity contribution in [3.8, 4) is 0 Å². The maximum atomic E-state index is 10.6. The van der Waals surface area contributed by atoms with Crippen LogP contribution >= 0.6 is 11.6 Å². The Morgan fingerprint density at radius 2 is 2.00 bits per heavy atom. The van der Waals surface area contributed by atoms with Crippen LogP contribution in [0.15, 0.2) is 18.2 Å². The van der Waals surface area contributed by atoms with Crippen molar-refractivity contribution in [3.63, 3.8) is 0 Å². The number of nitrogens with two attached hydrogens (primary N) is 1. The van der Waals surface area contributed by atoms with Crippen molar-refractivity contribution in [2.75, 3.05) is 5.32 Å². The van der Waals surface area contributed by atoms with E-state index in [0.29, 0.717) is 12.1 Å². The van der Waals surface area contributed by atoms with Crippen LogP contribution in [-0.2, 0) is 0 Å². The van der Waals surface area contributed by atoms with Gasteiger partial charge in [-0.3, -0.25) is 10.1 Å². The molecule has 0 aromatic heterocycles. The van der Waals surface area contributed by atoms with Crippen molar-refractivity contribution in [1.82, 2.24) is 0 Å². The minimum atomic E-state index is -0.480. The number of halogens is 1. The Kier molecular flexibility index (Phi) is 4.04. The van der Waals surface area contributed by atoms with Crippen molar-refractivity contribution in [3.05, 3.63) is 33.3 Å². The van der Waals surface area contributed by atoms with E-state index in [1.807, 2.05) is 0 Å². The predicted molar refractivity (Wildman–Crippen MR) is 72.0 cm³/mol. The van der Waals surface area contributed by atoms with E-state index >= 15 is 0 Å². The molecule has 1 aromatic carbocycles. The predicted octanol–water partition coefficient (Wildman–Crippen LogP) is 2.93. The quantitative estimate of drug-likeness (QED) is 0.653. The third-order valence-electron chi connectivity index (χ3n) is 3.29. The lowest BCUT2D eigenvalue weighted by Crippen LogP contribution is -2.32. The molecule has 0 unspecified atom stereocenters. The van der Waals surface area contributed by atoms with Gasteiger partial charge in [-0.15, -0.1) is 0 Å². The smallest absolute Gasteiger partial charge is 0.288 e. The van der Waals surface area contributed by atoms with Gasteiger partial charge in [-0.05, 0) is 37.8 Å². The topological polar surface area (TPSA) is 81.2 Å². The zero-order chi connectivity index (χ0) is 13.1. The van der Waals surface area contributed by atoms with Gasteiger partial charge in [0.05, 0.1) is 4.92 Å². The molecular weight excluding hydrogens is 254 g/mol. The second kappa shape index (κ2) is 5.54. The number of nitrogens with zero attached hydrogens (tertiary/aromatic N) is 1. The van der Waals surface area contributed by atoms with Gasteiger partial charge in [0.2, 0.25) is 0 Å². The maximum absolute atomic E-state index is 10.6. The number of nitro groups is 1. The lowest BCUT2D eigenvalue weighted by atomic mass is 9.92. The van der Waals surface area contributed by atoms with Crippen LogP contribution < -0.4 is 11.1 Å². The highest BCUT2D eigenvalue weighted by molar-refractivity contribution is 6.32. The second-order valence-electron chi connectivity index (χ2n) is 4.68. The van der Waals surface area contributed by atoms with Crippen LogP contribution in [0, 0.1) is 10.1 Å². The number of benzene rings is 1. The van der Waals surface area contributed by atoms with Crippen molar-refractivity contribution < 1.29 is 4.92 Å². The Hall–Kier alpha value is -1.33. The average Bonchev–Trinajstić information content (AvgIpc) is 2.32. The van der Waals surface area contributed by atoms with Crippen molar-refractivity contribution in [1.29, 1.82) is 0 Å². The van der Waals surface area contributed by atoms with E-state index in [1.165, 1.54) is 6.07 Å². The lowest BCUT2D eigenvalue weighted by molar-refractivity contribution is -0.384. The first-order valence-electron chi connectivity index (χ1n) is 6.02. The molecule has 0 amide bonds. The summed E-state index contributed by atoms with van der Waals surface area (Å²) in [6.45, 7) is 0. The van der Waals surface area contributed by atoms with Gasteiger partial charge in [-0.2, -0.15) is 0 Å². The Labute approximate surface area is 110 Å². The SMILES string of the molecule is NC1CCC(Nc2ccc([N+](=O)[O-])c(Cl)c2)CC1. The van der Waals surface area contributed by atoms with E-state index < -0.39 is 4.92 Å². The molecule has 1 fully saturated rings. The van der Waals surface area contributed by atoms with Crippen molar-refractivity contribution in [2.24, 2.45) is 5.73 Å². The summed E-state index contributed by atoms with van der Waals surface area (Å²) in [4.78, 5) is 10.2. The van der Waals surface area contributed by atoms with Gasteiger partial charge in [0.1, 0.15) is 5.02 Å². The third-order valence-corrected chi connectivity index (χ3v) is 3.59. The van der Waals surface area contributed by atoms with Gasteiger partial charge in [0.25, 0.3) is 5.69 Å². The fraction of sp³-hybridized carbons (Fsp3) is 0.500. The Bertz CT molecular complexity index is 445. The third kappa shape index (κ3) is 3.11. The first-order chi connectivity index (χ1) is 8.56. The number of anilines is 1. The summed E-state index contributed by atoms with van der Waals surface area (Å²) >= 11 is 5.86. The summed E-state index contributed by atoms with van der Waals surface area (Å²) in [6, 6.07) is 5.41. The average molecular weight is 270 g/mol.